The Balaban J connectivity index is 1.81. The summed E-state index contributed by atoms with van der Waals surface area (Å²) in [7, 11) is 0. The maximum absolute atomic E-state index is 12.0. The minimum atomic E-state index is -0.646. The highest BCUT2D eigenvalue weighted by Crippen LogP contribution is 2.06. The molecule has 0 radical (unpaired) electrons. The van der Waals surface area contributed by atoms with Crippen molar-refractivity contribution in [3.63, 3.8) is 0 Å². The molecule has 0 saturated carbocycles. The molecule has 1 heterocycles. The Morgan fingerprint density at radius 2 is 2.04 bits per heavy atom. The lowest BCUT2D eigenvalue weighted by atomic mass is 10.0. The van der Waals surface area contributed by atoms with E-state index in [4.69, 9.17) is 0 Å². The molecule has 0 bridgehead atoms. The van der Waals surface area contributed by atoms with Gasteiger partial charge in [-0.1, -0.05) is 41.7 Å². The number of benzene rings is 1. The number of amides is 1. The molecule has 0 spiro atoms. The molecule has 0 aliphatic heterocycles. The maximum Gasteiger partial charge on any atom is 0.307 e. The molecular formula is C17H22N2O3S. The van der Waals surface area contributed by atoms with Crippen LogP contribution in [-0.4, -0.2) is 27.7 Å². The number of hydrogen-bond donors (Lipinski definition) is 2. The molecule has 5 nitrogen and oxygen atoms in total. The van der Waals surface area contributed by atoms with Gasteiger partial charge in [-0.05, 0) is 19.4 Å². The van der Waals surface area contributed by atoms with E-state index < -0.39 is 6.10 Å². The summed E-state index contributed by atoms with van der Waals surface area (Å²) in [6.07, 6.45) is 0.0672. The molecule has 6 heteroatoms. The molecule has 0 saturated heterocycles. The Morgan fingerprint density at radius 3 is 2.65 bits per heavy atom. The number of aryl methyl sites for hydroxylation is 1. The van der Waals surface area contributed by atoms with Gasteiger partial charge in [0.25, 0.3) is 0 Å². The highest BCUT2D eigenvalue weighted by Gasteiger charge is 2.17. The van der Waals surface area contributed by atoms with Crippen LogP contribution in [0.5, 0.6) is 0 Å². The third-order valence-corrected chi connectivity index (χ3v) is 4.67. The van der Waals surface area contributed by atoms with Gasteiger partial charge in [0.1, 0.15) is 0 Å². The summed E-state index contributed by atoms with van der Waals surface area (Å²) in [5.74, 6) is -0.165. The zero-order chi connectivity index (χ0) is 16.8. The first-order valence-electron chi connectivity index (χ1n) is 7.63. The number of aliphatic hydroxyl groups is 1. The Bertz CT molecular complexity index is 693. The predicted molar refractivity (Wildman–Crippen MR) is 91.7 cm³/mol. The molecule has 0 aliphatic rings. The predicted octanol–water partition coefficient (Wildman–Crippen LogP) is 1.72. The van der Waals surface area contributed by atoms with E-state index in [1.54, 1.807) is 16.9 Å². The van der Waals surface area contributed by atoms with E-state index in [9.17, 15) is 14.7 Å². The lowest BCUT2D eigenvalue weighted by molar-refractivity contribution is -0.122. The normalized spacial score (nSPS) is 13.5. The van der Waals surface area contributed by atoms with Gasteiger partial charge in [0.15, 0.2) is 0 Å². The second-order valence-corrected chi connectivity index (χ2v) is 6.48. The molecule has 2 atom stereocenters. The van der Waals surface area contributed by atoms with Crippen molar-refractivity contribution < 1.29 is 9.90 Å². The molecule has 23 heavy (non-hydrogen) atoms. The summed E-state index contributed by atoms with van der Waals surface area (Å²) in [4.78, 5) is 23.5. The van der Waals surface area contributed by atoms with E-state index in [1.807, 2.05) is 37.3 Å². The zero-order valence-electron chi connectivity index (χ0n) is 13.4. The SMILES string of the molecule is Cc1csc(=O)n1CCC(=O)NC(C)C(O)Cc1ccccc1. The minimum absolute atomic E-state index is 0.0486. The lowest BCUT2D eigenvalue weighted by Crippen LogP contribution is -2.42. The average Bonchev–Trinajstić information content (AvgIpc) is 2.85. The molecule has 0 fully saturated rings. The summed E-state index contributed by atoms with van der Waals surface area (Å²) in [5.41, 5.74) is 1.89. The van der Waals surface area contributed by atoms with E-state index in [2.05, 4.69) is 5.32 Å². The number of carbonyl (C=O) groups is 1. The Kier molecular flexibility index (Phi) is 6.12. The monoisotopic (exact) mass is 334 g/mol. The summed E-state index contributed by atoms with van der Waals surface area (Å²) >= 11 is 1.14. The van der Waals surface area contributed by atoms with Crippen LogP contribution in [0.2, 0.25) is 0 Å². The Morgan fingerprint density at radius 1 is 1.35 bits per heavy atom. The molecule has 1 aromatic carbocycles. The lowest BCUT2D eigenvalue weighted by Gasteiger charge is -2.20. The third-order valence-electron chi connectivity index (χ3n) is 3.79. The molecule has 124 valence electrons. The van der Waals surface area contributed by atoms with E-state index in [-0.39, 0.29) is 23.2 Å². The Hall–Kier alpha value is -1.92. The van der Waals surface area contributed by atoms with Crippen LogP contribution in [0.1, 0.15) is 24.6 Å². The second kappa shape index (κ2) is 8.08. The van der Waals surface area contributed by atoms with Crippen LogP contribution in [0.3, 0.4) is 0 Å². The van der Waals surface area contributed by atoms with E-state index in [0.29, 0.717) is 13.0 Å². The van der Waals surface area contributed by atoms with Gasteiger partial charge in [0.05, 0.1) is 12.1 Å². The van der Waals surface area contributed by atoms with Crippen LogP contribution < -0.4 is 10.2 Å². The van der Waals surface area contributed by atoms with Crippen molar-refractivity contribution in [2.24, 2.45) is 0 Å². The van der Waals surface area contributed by atoms with Crippen molar-refractivity contribution in [2.45, 2.75) is 45.4 Å². The fourth-order valence-electron chi connectivity index (χ4n) is 2.34. The van der Waals surface area contributed by atoms with E-state index >= 15 is 0 Å². The fourth-order valence-corrected chi connectivity index (χ4v) is 3.10. The van der Waals surface area contributed by atoms with Crippen molar-refractivity contribution >= 4 is 17.2 Å². The molecular weight excluding hydrogens is 312 g/mol. The number of nitrogens with one attached hydrogen (secondary N) is 1. The average molecular weight is 334 g/mol. The van der Waals surface area contributed by atoms with Crippen LogP contribution in [0, 0.1) is 6.92 Å². The first kappa shape index (κ1) is 17.4. The number of aromatic nitrogens is 1. The molecule has 2 unspecified atom stereocenters. The molecule has 2 N–H and O–H groups in total. The summed E-state index contributed by atoms with van der Waals surface area (Å²) in [6, 6.07) is 9.32. The van der Waals surface area contributed by atoms with Gasteiger partial charge in [-0.2, -0.15) is 0 Å². The van der Waals surface area contributed by atoms with Crippen LogP contribution in [-0.2, 0) is 17.8 Å². The van der Waals surface area contributed by atoms with Gasteiger partial charge in [0, 0.05) is 30.5 Å². The quantitative estimate of drug-likeness (QED) is 0.810. The molecule has 0 aliphatic carbocycles. The molecule has 2 aromatic rings. The summed E-state index contributed by atoms with van der Waals surface area (Å²) < 4.78 is 1.59. The maximum atomic E-state index is 12.0. The topological polar surface area (TPSA) is 71.3 Å². The van der Waals surface area contributed by atoms with Crippen molar-refractivity contribution in [1.29, 1.82) is 0 Å². The van der Waals surface area contributed by atoms with Crippen LogP contribution in [0.4, 0.5) is 0 Å². The van der Waals surface area contributed by atoms with E-state index in [1.165, 1.54) is 0 Å². The highest BCUT2D eigenvalue weighted by molar-refractivity contribution is 7.07. The van der Waals surface area contributed by atoms with E-state index in [0.717, 1.165) is 22.6 Å². The van der Waals surface area contributed by atoms with Gasteiger partial charge < -0.3 is 15.0 Å². The second-order valence-electron chi connectivity index (χ2n) is 5.66. The van der Waals surface area contributed by atoms with Crippen molar-refractivity contribution in [3.05, 3.63) is 56.6 Å². The van der Waals surface area contributed by atoms with Gasteiger partial charge in [-0.25, -0.2) is 0 Å². The van der Waals surface area contributed by atoms with Gasteiger partial charge in [-0.3, -0.25) is 9.59 Å². The summed E-state index contributed by atoms with van der Waals surface area (Å²) in [6.45, 7) is 4.00. The van der Waals surface area contributed by atoms with Gasteiger partial charge in [0.2, 0.25) is 5.91 Å². The number of carbonyl (C=O) groups excluding carboxylic acids is 1. The zero-order valence-corrected chi connectivity index (χ0v) is 14.2. The first-order valence-corrected chi connectivity index (χ1v) is 8.51. The van der Waals surface area contributed by atoms with Crippen molar-refractivity contribution in [1.82, 2.24) is 9.88 Å². The van der Waals surface area contributed by atoms with Gasteiger partial charge in [-0.15, -0.1) is 0 Å². The largest absolute Gasteiger partial charge is 0.391 e. The highest BCUT2D eigenvalue weighted by atomic mass is 32.1. The number of thiazole rings is 1. The number of rotatable bonds is 7. The fraction of sp³-hybridized carbons (Fsp3) is 0.412. The standard InChI is InChI=1S/C17H22N2O3S/c1-12-11-23-17(22)19(12)9-8-16(21)18-13(2)15(20)10-14-6-4-3-5-7-14/h3-7,11,13,15,20H,8-10H2,1-2H3,(H,18,21). The van der Waals surface area contributed by atoms with Gasteiger partial charge >= 0.3 is 4.87 Å². The smallest absolute Gasteiger partial charge is 0.307 e. The van der Waals surface area contributed by atoms with Crippen molar-refractivity contribution in [2.75, 3.05) is 0 Å². The molecule has 2 rings (SSSR count). The van der Waals surface area contributed by atoms with Crippen molar-refractivity contribution in [3.8, 4) is 0 Å². The van der Waals surface area contributed by atoms with Crippen LogP contribution >= 0.6 is 11.3 Å². The number of nitrogens with zero attached hydrogens (tertiary/aromatic N) is 1. The first-order chi connectivity index (χ1) is 11.0. The number of aliphatic hydroxyl groups excluding tert-OH is 1. The van der Waals surface area contributed by atoms with Crippen LogP contribution in [0.15, 0.2) is 40.5 Å². The molecule has 1 amide bonds. The summed E-state index contributed by atoms with van der Waals surface area (Å²) in [5, 5.41) is 14.8. The third kappa shape index (κ3) is 5.04. The Labute approximate surface area is 139 Å². The number of hydrogen-bond acceptors (Lipinski definition) is 4. The van der Waals surface area contributed by atoms with Crippen LogP contribution in [0.25, 0.3) is 0 Å². The molecule has 1 aromatic heterocycles. The minimum Gasteiger partial charge on any atom is -0.391 e.